The van der Waals surface area contributed by atoms with Crippen molar-refractivity contribution in [2.24, 2.45) is 5.92 Å². The number of piperidine rings is 2. The van der Waals surface area contributed by atoms with E-state index in [1.54, 1.807) is 9.80 Å². The van der Waals surface area contributed by atoms with Gasteiger partial charge in [-0.05, 0) is 80.9 Å². The van der Waals surface area contributed by atoms with Gasteiger partial charge in [-0.1, -0.05) is 29.8 Å². The summed E-state index contributed by atoms with van der Waals surface area (Å²) in [5.74, 6) is -1.28. The van der Waals surface area contributed by atoms with E-state index in [9.17, 15) is 27.6 Å². The molecule has 14 heteroatoms. The molecule has 4 aliphatic heterocycles. The normalized spacial score (nSPS) is 20.6. The summed E-state index contributed by atoms with van der Waals surface area (Å²) >= 11 is 6.32. The zero-order valence-electron chi connectivity index (χ0n) is 28.5. The van der Waals surface area contributed by atoms with Gasteiger partial charge in [-0.2, -0.15) is 13.2 Å². The van der Waals surface area contributed by atoms with Gasteiger partial charge in [0.05, 0.1) is 22.2 Å². The minimum absolute atomic E-state index is 0.0318. The van der Waals surface area contributed by atoms with Gasteiger partial charge in [0.2, 0.25) is 11.8 Å². The number of benzene rings is 2. The predicted octanol–water partition coefficient (Wildman–Crippen LogP) is 4.93. The van der Waals surface area contributed by atoms with Crippen molar-refractivity contribution in [3.63, 3.8) is 0 Å². The van der Waals surface area contributed by atoms with Crippen LogP contribution in [0.15, 0.2) is 36.4 Å². The van der Waals surface area contributed by atoms with Crippen molar-refractivity contribution in [2.75, 3.05) is 76.6 Å². The molecular weight excluding hydrogens is 671 g/mol. The lowest BCUT2D eigenvalue weighted by molar-refractivity contribution is -0.143. The molecule has 3 saturated heterocycles. The minimum atomic E-state index is -4.66. The van der Waals surface area contributed by atoms with Crippen molar-refractivity contribution in [3.8, 4) is 0 Å². The molecule has 0 aliphatic carbocycles. The lowest BCUT2D eigenvalue weighted by Crippen LogP contribution is -2.55. The van der Waals surface area contributed by atoms with E-state index in [0.717, 1.165) is 62.8 Å². The van der Waals surface area contributed by atoms with E-state index in [2.05, 4.69) is 20.9 Å². The fourth-order valence-corrected chi connectivity index (χ4v) is 8.37. The highest BCUT2D eigenvalue weighted by Gasteiger charge is 2.38. The lowest BCUT2D eigenvalue weighted by atomic mass is 9.91. The van der Waals surface area contributed by atoms with Gasteiger partial charge in [-0.3, -0.25) is 14.5 Å². The third kappa shape index (κ3) is 8.32. The van der Waals surface area contributed by atoms with Crippen LogP contribution in [0.4, 0.5) is 29.3 Å². The van der Waals surface area contributed by atoms with Gasteiger partial charge in [-0.15, -0.1) is 0 Å². The predicted molar refractivity (Wildman–Crippen MR) is 187 cm³/mol. The maximum Gasteiger partial charge on any atom is 0.418 e. The molecule has 0 aromatic heterocycles. The van der Waals surface area contributed by atoms with Crippen molar-refractivity contribution in [3.05, 3.63) is 58.1 Å². The highest BCUT2D eigenvalue weighted by atomic mass is 35.5. The van der Waals surface area contributed by atoms with Crippen LogP contribution in [0.1, 0.15) is 48.8 Å². The fraction of sp³-hybridized carbons (Fsp3) is 0.583. The van der Waals surface area contributed by atoms with Crippen LogP contribution < -0.4 is 16.0 Å². The lowest BCUT2D eigenvalue weighted by Gasteiger charge is -2.42. The SMILES string of the molecule is CNc1c(Cl)cc(CC(CC(=O)N2CCC(N3CCc4ccccc4NC3=O)CC2)C(=O)N2CCN(C3CCNCC3)CC2)cc1C(F)(F)F. The summed E-state index contributed by atoms with van der Waals surface area (Å²) in [5.41, 5.74) is 1.04. The molecule has 0 bridgehead atoms. The molecule has 0 spiro atoms. The summed E-state index contributed by atoms with van der Waals surface area (Å²) in [6.07, 6.45) is -0.771. The van der Waals surface area contributed by atoms with Gasteiger partial charge in [0.15, 0.2) is 0 Å². The van der Waals surface area contributed by atoms with Crippen molar-refractivity contribution in [2.45, 2.75) is 63.2 Å². The molecule has 2 aromatic carbocycles. The Morgan fingerprint density at radius 1 is 0.940 bits per heavy atom. The number of nitrogens with one attached hydrogen (secondary N) is 3. The molecule has 272 valence electrons. The minimum Gasteiger partial charge on any atom is -0.386 e. The number of piperazine rings is 1. The number of amides is 4. The molecule has 0 saturated carbocycles. The first-order valence-electron chi connectivity index (χ1n) is 17.8. The topological polar surface area (TPSA) is 100 Å². The Labute approximate surface area is 296 Å². The molecule has 1 unspecified atom stereocenters. The van der Waals surface area contributed by atoms with Gasteiger partial charge >= 0.3 is 12.2 Å². The summed E-state index contributed by atoms with van der Waals surface area (Å²) in [6, 6.07) is 10.6. The smallest absolute Gasteiger partial charge is 0.386 e. The monoisotopic (exact) mass is 717 g/mol. The van der Waals surface area contributed by atoms with Crippen LogP contribution in [-0.4, -0.2) is 115 Å². The number of para-hydroxylation sites is 1. The van der Waals surface area contributed by atoms with E-state index in [-0.39, 0.29) is 53.0 Å². The fourth-order valence-electron chi connectivity index (χ4n) is 8.03. The van der Waals surface area contributed by atoms with Gasteiger partial charge in [0, 0.05) is 77.1 Å². The molecule has 4 aliphatic rings. The number of alkyl halides is 3. The molecule has 4 heterocycles. The van der Waals surface area contributed by atoms with Crippen LogP contribution in [0, 0.1) is 5.92 Å². The molecular formula is C36H47ClF3N7O3. The Kier molecular flexibility index (Phi) is 11.4. The standard InChI is InChI=1S/C36H47ClF3N7O3/c1-41-33-29(36(38,39)40)21-24(22-30(33)37)20-26(34(49)46-18-16-44(17-19-46)27-6-11-42-12-7-27)23-32(48)45-13-9-28(10-14-45)47-15-8-25-4-2-3-5-31(25)43-35(47)50/h2-5,21-22,26-28,41-42H,6-20,23H2,1H3,(H,43,50). The number of halogens is 4. The van der Waals surface area contributed by atoms with Gasteiger partial charge < -0.3 is 30.7 Å². The number of fused-ring (bicyclic) bond motifs is 1. The van der Waals surface area contributed by atoms with E-state index < -0.39 is 17.7 Å². The summed E-state index contributed by atoms with van der Waals surface area (Å²) in [6.45, 7) is 5.84. The highest BCUT2D eigenvalue weighted by Crippen LogP contribution is 2.40. The third-order valence-electron chi connectivity index (χ3n) is 10.8. The average molecular weight is 718 g/mol. The van der Waals surface area contributed by atoms with Crippen molar-refractivity contribution >= 4 is 40.8 Å². The second-order valence-electron chi connectivity index (χ2n) is 13.8. The third-order valence-corrected chi connectivity index (χ3v) is 11.1. The van der Waals surface area contributed by atoms with E-state index in [0.29, 0.717) is 51.6 Å². The van der Waals surface area contributed by atoms with Crippen LogP contribution in [0.25, 0.3) is 0 Å². The molecule has 4 amide bonds. The molecule has 3 N–H and O–H groups in total. The van der Waals surface area contributed by atoms with E-state index in [4.69, 9.17) is 11.6 Å². The number of urea groups is 1. The molecule has 10 nitrogen and oxygen atoms in total. The first kappa shape index (κ1) is 36.2. The Balaban J connectivity index is 1.13. The number of carbonyl (C=O) groups is 3. The zero-order valence-corrected chi connectivity index (χ0v) is 29.3. The van der Waals surface area contributed by atoms with Crippen LogP contribution >= 0.6 is 11.6 Å². The van der Waals surface area contributed by atoms with Crippen molar-refractivity contribution < 1.29 is 27.6 Å². The van der Waals surface area contributed by atoms with E-state index >= 15 is 0 Å². The Morgan fingerprint density at radius 2 is 1.64 bits per heavy atom. The second kappa shape index (κ2) is 15.8. The molecule has 50 heavy (non-hydrogen) atoms. The van der Waals surface area contributed by atoms with Gasteiger partial charge in [0.25, 0.3) is 0 Å². The number of nitrogens with zero attached hydrogens (tertiary/aromatic N) is 4. The molecule has 1 atom stereocenters. The molecule has 2 aromatic rings. The van der Waals surface area contributed by atoms with Gasteiger partial charge in [0.1, 0.15) is 0 Å². The maximum absolute atomic E-state index is 14.1. The zero-order chi connectivity index (χ0) is 35.4. The number of anilines is 2. The molecule has 3 fully saturated rings. The van der Waals surface area contributed by atoms with E-state index in [1.807, 2.05) is 29.2 Å². The van der Waals surface area contributed by atoms with Crippen molar-refractivity contribution in [1.82, 2.24) is 24.9 Å². The first-order valence-corrected chi connectivity index (χ1v) is 18.1. The Bertz CT molecular complexity index is 1540. The summed E-state index contributed by atoms with van der Waals surface area (Å²) < 4.78 is 42.1. The van der Waals surface area contributed by atoms with E-state index in [1.165, 1.54) is 13.1 Å². The van der Waals surface area contributed by atoms with Crippen LogP contribution in [0.3, 0.4) is 0 Å². The summed E-state index contributed by atoms with van der Waals surface area (Å²) in [7, 11) is 1.38. The number of hydrogen-bond acceptors (Lipinski definition) is 6. The number of carbonyl (C=O) groups excluding carboxylic acids is 3. The molecule has 0 radical (unpaired) electrons. The maximum atomic E-state index is 14.1. The Morgan fingerprint density at radius 3 is 2.32 bits per heavy atom. The van der Waals surface area contributed by atoms with Gasteiger partial charge in [-0.25, -0.2) is 4.79 Å². The molecule has 6 rings (SSSR count). The number of rotatable bonds is 8. The highest BCUT2D eigenvalue weighted by molar-refractivity contribution is 6.33. The van der Waals surface area contributed by atoms with Crippen LogP contribution in [0.5, 0.6) is 0 Å². The van der Waals surface area contributed by atoms with Crippen LogP contribution in [-0.2, 0) is 28.6 Å². The Hall–Kier alpha value is -3.55. The summed E-state index contributed by atoms with van der Waals surface area (Å²) in [4.78, 5) is 48.8. The summed E-state index contributed by atoms with van der Waals surface area (Å²) in [5, 5.41) is 8.86. The number of hydrogen-bond donors (Lipinski definition) is 3. The van der Waals surface area contributed by atoms with Crippen LogP contribution in [0.2, 0.25) is 5.02 Å². The first-order chi connectivity index (χ1) is 24.0. The number of likely N-dealkylation sites (tertiary alicyclic amines) is 1. The second-order valence-corrected chi connectivity index (χ2v) is 14.2. The quantitative estimate of drug-likeness (QED) is 0.359. The largest absolute Gasteiger partial charge is 0.418 e. The average Bonchev–Trinajstić information content (AvgIpc) is 3.29. The van der Waals surface area contributed by atoms with Crippen molar-refractivity contribution in [1.29, 1.82) is 0 Å².